The first-order valence-corrected chi connectivity index (χ1v) is 20.2. The van der Waals surface area contributed by atoms with Gasteiger partial charge in [0, 0.05) is 11.5 Å². The van der Waals surface area contributed by atoms with Gasteiger partial charge < -0.3 is 4.43 Å². The van der Waals surface area contributed by atoms with Crippen LogP contribution in [0.3, 0.4) is 0 Å². The average Bonchev–Trinajstić information content (AvgIpc) is 3.23. The van der Waals surface area contributed by atoms with Crippen LogP contribution in [0.15, 0.2) is 212 Å². The zero-order valence-electron chi connectivity index (χ0n) is 28.9. The molecule has 9 rings (SSSR count). The maximum absolute atomic E-state index is 7.84. The van der Waals surface area contributed by atoms with E-state index in [9.17, 15) is 0 Å². The highest BCUT2D eigenvalue weighted by atomic mass is 28.4. The van der Waals surface area contributed by atoms with Crippen LogP contribution in [0.5, 0.6) is 5.75 Å². The molecule has 0 aromatic heterocycles. The third-order valence-electron chi connectivity index (χ3n) is 10.6. The van der Waals surface area contributed by atoms with Gasteiger partial charge in [-0.3, -0.25) is 0 Å². The maximum atomic E-state index is 7.84. The monoisotopic (exact) mass is 682 g/mol. The molecule has 0 saturated heterocycles. The van der Waals surface area contributed by atoms with Crippen LogP contribution in [0.4, 0.5) is 0 Å². The number of hydrogen-bond donors (Lipinski definition) is 0. The Morgan fingerprint density at radius 3 is 1.38 bits per heavy atom. The van der Waals surface area contributed by atoms with Gasteiger partial charge in [-0.15, -0.1) is 0 Å². The van der Waals surface area contributed by atoms with Crippen molar-refractivity contribution >= 4 is 18.7 Å². The van der Waals surface area contributed by atoms with Gasteiger partial charge in [0.05, 0.1) is 0 Å². The average molecular weight is 683 g/mol. The molecule has 8 aromatic carbocycles. The minimum absolute atomic E-state index is 0.0700. The van der Waals surface area contributed by atoms with Crippen LogP contribution >= 0.6 is 0 Å². The minimum Gasteiger partial charge on any atom is -0.534 e. The van der Waals surface area contributed by atoms with E-state index >= 15 is 0 Å². The molecule has 248 valence electrons. The summed E-state index contributed by atoms with van der Waals surface area (Å²) in [5.41, 5.74) is 12.3. The van der Waals surface area contributed by atoms with Gasteiger partial charge in [-0.25, -0.2) is 0 Å². The molecule has 1 unspecified atom stereocenters. The smallest absolute Gasteiger partial charge is 0.315 e. The molecule has 8 aromatic rings. The van der Waals surface area contributed by atoms with Crippen molar-refractivity contribution in [3.63, 3.8) is 0 Å². The SMILES string of the molecule is c1ccc(-c2cccc(C3C[Si](c4cccc(-c5ccccc5)c4)(c4cccc(-c5ccccc5)c4)Oc4ccccc4-c4ccccc43)c2)cc1. The van der Waals surface area contributed by atoms with Crippen LogP contribution in [0.25, 0.3) is 44.5 Å². The fraction of sp³-hybridized carbons (Fsp3) is 0.0400. The van der Waals surface area contributed by atoms with Gasteiger partial charge in [0.15, 0.2) is 0 Å². The highest BCUT2D eigenvalue weighted by molar-refractivity contribution is 6.98. The summed E-state index contributed by atoms with van der Waals surface area (Å²) < 4.78 is 7.84. The zero-order valence-corrected chi connectivity index (χ0v) is 29.9. The van der Waals surface area contributed by atoms with Crippen molar-refractivity contribution < 1.29 is 4.43 Å². The number of benzene rings is 8. The highest BCUT2D eigenvalue weighted by Gasteiger charge is 2.47. The molecular formula is C50H38OSi. The Kier molecular flexibility index (Phi) is 8.44. The Labute approximate surface area is 307 Å². The Hall–Kier alpha value is -6.22. The number of para-hydroxylation sites is 1. The van der Waals surface area contributed by atoms with Crippen molar-refractivity contribution in [2.75, 3.05) is 0 Å². The lowest BCUT2D eigenvalue weighted by Crippen LogP contribution is -2.64. The Bertz CT molecular complexity index is 2390. The van der Waals surface area contributed by atoms with E-state index in [0.717, 1.165) is 17.4 Å². The van der Waals surface area contributed by atoms with E-state index < -0.39 is 8.32 Å². The van der Waals surface area contributed by atoms with Gasteiger partial charge in [-0.2, -0.15) is 0 Å². The van der Waals surface area contributed by atoms with Crippen LogP contribution < -0.4 is 14.8 Å². The van der Waals surface area contributed by atoms with Crippen LogP contribution in [-0.4, -0.2) is 8.32 Å². The van der Waals surface area contributed by atoms with Crippen LogP contribution in [0.1, 0.15) is 17.0 Å². The molecule has 0 saturated carbocycles. The summed E-state index contributed by atoms with van der Waals surface area (Å²) in [5.74, 6) is 1.01. The van der Waals surface area contributed by atoms with Gasteiger partial charge in [0.1, 0.15) is 5.75 Å². The Balaban J connectivity index is 1.33. The van der Waals surface area contributed by atoms with Crippen LogP contribution in [0, 0.1) is 0 Å². The van der Waals surface area contributed by atoms with Gasteiger partial charge in [0.2, 0.25) is 0 Å². The van der Waals surface area contributed by atoms with E-state index in [-0.39, 0.29) is 5.92 Å². The molecule has 52 heavy (non-hydrogen) atoms. The summed E-state index contributed by atoms with van der Waals surface area (Å²) in [4.78, 5) is 0. The Morgan fingerprint density at radius 1 is 0.365 bits per heavy atom. The fourth-order valence-electron chi connectivity index (χ4n) is 8.00. The summed E-state index contributed by atoms with van der Waals surface area (Å²) in [7, 11) is -3.11. The number of rotatable bonds is 6. The molecule has 1 heterocycles. The first-order chi connectivity index (χ1) is 25.7. The first kappa shape index (κ1) is 31.7. The maximum Gasteiger partial charge on any atom is 0.315 e. The topological polar surface area (TPSA) is 9.23 Å². The normalized spacial score (nSPS) is 14.6. The molecule has 0 amide bonds. The third-order valence-corrected chi connectivity index (χ3v) is 14.6. The summed E-state index contributed by atoms with van der Waals surface area (Å²) in [6.07, 6.45) is 0. The molecule has 1 aliphatic rings. The third kappa shape index (κ3) is 5.98. The summed E-state index contributed by atoms with van der Waals surface area (Å²) in [6, 6.07) is 78.2. The summed E-state index contributed by atoms with van der Waals surface area (Å²) in [6.45, 7) is 0. The molecule has 1 aliphatic heterocycles. The Morgan fingerprint density at radius 2 is 0.808 bits per heavy atom. The molecule has 1 atom stereocenters. The van der Waals surface area contributed by atoms with Gasteiger partial charge >= 0.3 is 8.32 Å². The van der Waals surface area contributed by atoms with Crippen molar-refractivity contribution in [3.05, 3.63) is 223 Å². The van der Waals surface area contributed by atoms with Crippen molar-refractivity contribution in [2.24, 2.45) is 0 Å². The van der Waals surface area contributed by atoms with E-state index in [0.29, 0.717) is 0 Å². The molecule has 0 radical (unpaired) electrons. The lowest BCUT2D eigenvalue weighted by molar-refractivity contribution is 0.554. The van der Waals surface area contributed by atoms with Crippen LogP contribution in [-0.2, 0) is 0 Å². The van der Waals surface area contributed by atoms with E-state index in [1.54, 1.807) is 0 Å². The van der Waals surface area contributed by atoms with Crippen molar-refractivity contribution in [1.29, 1.82) is 0 Å². The van der Waals surface area contributed by atoms with Gasteiger partial charge in [0.25, 0.3) is 0 Å². The fourth-order valence-corrected chi connectivity index (χ4v) is 12.2. The number of fused-ring (bicyclic) bond motifs is 3. The standard InChI is InChI=1S/C50H38OSi/c1-4-17-37(18-5-1)40-23-14-26-43(33-40)49-36-52(44-27-15-24-41(34-44)38-19-6-2-7-20-38,45-28-16-25-42(35-45)39-21-8-3-9-22-39)51-50-32-13-12-31-48(50)46-29-10-11-30-47(46)49/h1-35,49H,36H2. The lowest BCUT2D eigenvalue weighted by atomic mass is 9.85. The molecule has 0 N–H and O–H groups in total. The zero-order chi connectivity index (χ0) is 34.7. The van der Waals surface area contributed by atoms with Crippen molar-refractivity contribution in [2.45, 2.75) is 12.0 Å². The first-order valence-electron chi connectivity index (χ1n) is 18.1. The lowest BCUT2D eigenvalue weighted by Gasteiger charge is -2.39. The van der Waals surface area contributed by atoms with Crippen molar-refractivity contribution in [3.8, 4) is 50.3 Å². The van der Waals surface area contributed by atoms with Crippen molar-refractivity contribution in [1.82, 2.24) is 0 Å². The highest BCUT2D eigenvalue weighted by Crippen LogP contribution is 2.45. The van der Waals surface area contributed by atoms with E-state index in [1.807, 2.05) is 0 Å². The molecule has 0 aliphatic carbocycles. The van der Waals surface area contributed by atoms with Gasteiger partial charge in [-0.1, -0.05) is 206 Å². The second kappa shape index (κ2) is 13.8. The second-order valence-electron chi connectivity index (χ2n) is 13.7. The van der Waals surface area contributed by atoms with Gasteiger partial charge in [-0.05, 0) is 72.6 Å². The number of hydrogen-bond acceptors (Lipinski definition) is 1. The van der Waals surface area contributed by atoms with E-state index in [1.165, 1.54) is 60.4 Å². The predicted octanol–water partition coefficient (Wildman–Crippen LogP) is 11.6. The van der Waals surface area contributed by atoms with E-state index in [4.69, 9.17) is 4.43 Å². The molecule has 0 spiro atoms. The summed E-state index contributed by atoms with van der Waals surface area (Å²) >= 11 is 0. The second-order valence-corrected chi connectivity index (χ2v) is 17.1. The molecule has 1 nitrogen and oxygen atoms in total. The predicted molar refractivity (Wildman–Crippen MR) is 220 cm³/mol. The molecular weight excluding hydrogens is 645 g/mol. The largest absolute Gasteiger partial charge is 0.534 e. The minimum atomic E-state index is -3.11. The quantitative estimate of drug-likeness (QED) is 0.159. The molecule has 0 fully saturated rings. The molecule has 2 heteroatoms. The summed E-state index contributed by atoms with van der Waals surface area (Å²) in [5, 5.41) is 2.52. The van der Waals surface area contributed by atoms with E-state index in [2.05, 4.69) is 212 Å². The van der Waals surface area contributed by atoms with Crippen LogP contribution in [0.2, 0.25) is 6.04 Å². The molecule has 0 bridgehead atoms.